The Morgan fingerprint density at radius 3 is 2.64 bits per heavy atom. The van der Waals surface area contributed by atoms with Crippen LogP contribution in [0.1, 0.15) is 37.8 Å². The second-order valence-electron chi connectivity index (χ2n) is 3.69. The van der Waals surface area contributed by atoms with Gasteiger partial charge < -0.3 is 5.32 Å². The Morgan fingerprint density at radius 1 is 1.43 bits per heavy atom. The molecule has 0 fully saturated rings. The first-order valence-electron chi connectivity index (χ1n) is 5.02. The molecule has 0 spiro atoms. The Balaban J connectivity index is 3.06. The van der Waals surface area contributed by atoms with Crippen molar-refractivity contribution < 1.29 is 4.79 Å². The zero-order valence-electron chi connectivity index (χ0n) is 9.00. The number of aryl methyl sites for hydroxylation is 1. The quantitative estimate of drug-likeness (QED) is 0.728. The predicted molar refractivity (Wildman–Crippen MR) is 59.6 cm³/mol. The number of hydrogen-bond acceptors (Lipinski definition) is 1. The van der Waals surface area contributed by atoms with Gasteiger partial charge in [-0.2, -0.15) is 0 Å². The fourth-order valence-corrected chi connectivity index (χ4v) is 1.46. The van der Waals surface area contributed by atoms with Crippen molar-refractivity contribution in [2.45, 2.75) is 33.1 Å². The lowest BCUT2D eigenvalue weighted by Gasteiger charge is -2.11. The highest BCUT2D eigenvalue weighted by Gasteiger charge is 2.04. The second-order valence-corrected chi connectivity index (χ2v) is 3.69. The molecule has 0 heterocycles. The molecule has 2 nitrogen and oxygen atoms in total. The van der Waals surface area contributed by atoms with E-state index in [1.165, 1.54) is 11.1 Å². The van der Waals surface area contributed by atoms with Crippen LogP contribution in [0, 0.1) is 0 Å². The van der Waals surface area contributed by atoms with E-state index in [4.69, 9.17) is 0 Å². The number of benzene rings is 1. The normalized spacial score (nSPS) is 10.3. The largest absolute Gasteiger partial charge is 0.328 e. The van der Waals surface area contributed by atoms with Gasteiger partial charge in [0.25, 0.3) is 0 Å². The first-order chi connectivity index (χ1) is 6.69. The average molecular weight is 191 g/mol. The molecule has 1 aromatic rings. The van der Waals surface area contributed by atoms with Crippen LogP contribution in [0.3, 0.4) is 0 Å². The number of carbonyl (C=O) groups is 1. The lowest BCUT2D eigenvalue weighted by atomic mass is 9.99. The third-order valence-electron chi connectivity index (χ3n) is 2.40. The number of anilines is 1. The van der Waals surface area contributed by atoms with Crippen LogP contribution in [-0.4, -0.2) is 6.41 Å². The molecule has 0 aliphatic rings. The summed E-state index contributed by atoms with van der Waals surface area (Å²) in [6.07, 6.45) is 1.67. The summed E-state index contributed by atoms with van der Waals surface area (Å²) in [6.45, 7) is 6.37. The number of rotatable bonds is 4. The molecular weight excluding hydrogens is 174 g/mol. The van der Waals surface area contributed by atoms with Gasteiger partial charge in [-0.1, -0.05) is 32.9 Å². The Morgan fingerprint density at radius 2 is 2.14 bits per heavy atom. The molecule has 0 saturated carbocycles. The lowest BCUT2D eigenvalue weighted by Crippen LogP contribution is -2.00. The summed E-state index contributed by atoms with van der Waals surface area (Å²) in [7, 11) is 0. The average Bonchev–Trinajstić information content (AvgIpc) is 2.18. The smallest absolute Gasteiger partial charge is 0.211 e. The van der Waals surface area contributed by atoms with Crippen LogP contribution in [0.25, 0.3) is 0 Å². The highest BCUT2D eigenvalue weighted by atomic mass is 16.1. The predicted octanol–water partition coefficient (Wildman–Crippen LogP) is 2.94. The molecular formula is C12H17NO. The maximum atomic E-state index is 10.4. The van der Waals surface area contributed by atoms with Crippen molar-refractivity contribution in [3.8, 4) is 0 Å². The maximum absolute atomic E-state index is 10.4. The van der Waals surface area contributed by atoms with Gasteiger partial charge in [0.1, 0.15) is 0 Å². The Labute approximate surface area is 85.3 Å². The van der Waals surface area contributed by atoms with E-state index in [1.807, 2.05) is 0 Å². The topological polar surface area (TPSA) is 29.1 Å². The Bertz CT molecular complexity index is 318. The van der Waals surface area contributed by atoms with E-state index in [-0.39, 0.29) is 0 Å². The molecule has 1 N–H and O–H groups in total. The van der Waals surface area contributed by atoms with E-state index in [2.05, 4.69) is 44.3 Å². The SMILES string of the molecule is CCc1ccc(C(C)C)cc1NC=O. The van der Waals surface area contributed by atoms with Crippen molar-refractivity contribution in [1.82, 2.24) is 0 Å². The molecule has 0 aliphatic carbocycles. The molecule has 76 valence electrons. The van der Waals surface area contributed by atoms with Gasteiger partial charge in [-0.3, -0.25) is 4.79 Å². The van der Waals surface area contributed by atoms with Gasteiger partial charge in [0, 0.05) is 5.69 Å². The fourth-order valence-electron chi connectivity index (χ4n) is 1.46. The van der Waals surface area contributed by atoms with E-state index in [0.717, 1.165) is 18.5 Å². The summed E-state index contributed by atoms with van der Waals surface area (Å²) < 4.78 is 0. The minimum Gasteiger partial charge on any atom is -0.328 e. The molecule has 0 bridgehead atoms. The van der Waals surface area contributed by atoms with Crippen LogP contribution < -0.4 is 5.32 Å². The van der Waals surface area contributed by atoms with Crippen LogP contribution in [-0.2, 0) is 11.2 Å². The molecule has 1 aromatic carbocycles. The summed E-state index contributed by atoms with van der Waals surface area (Å²) in [5, 5.41) is 2.74. The van der Waals surface area contributed by atoms with Crippen molar-refractivity contribution in [3.63, 3.8) is 0 Å². The highest BCUT2D eigenvalue weighted by molar-refractivity contribution is 5.73. The molecule has 1 rings (SSSR count). The first-order valence-corrected chi connectivity index (χ1v) is 5.02. The van der Waals surface area contributed by atoms with Crippen molar-refractivity contribution in [1.29, 1.82) is 0 Å². The minimum absolute atomic E-state index is 0.494. The van der Waals surface area contributed by atoms with Crippen molar-refractivity contribution >= 4 is 12.1 Å². The Hall–Kier alpha value is -1.31. The summed E-state index contributed by atoms with van der Waals surface area (Å²) in [6, 6.07) is 6.26. The molecule has 0 aliphatic heterocycles. The summed E-state index contributed by atoms with van der Waals surface area (Å²) >= 11 is 0. The fraction of sp³-hybridized carbons (Fsp3) is 0.417. The van der Waals surface area contributed by atoms with Gasteiger partial charge in [0.15, 0.2) is 0 Å². The molecule has 0 saturated heterocycles. The molecule has 1 amide bonds. The summed E-state index contributed by atoms with van der Waals surface area (Å²) in [5.41, 5.74) is 3.38. The number of amides is 1. The monoisotopic (exact) mass is 191 g/mol. The summed E-state index contributed by atoms with van der Waals surface area (Å²) in [5.74, 6) is 0.494. The van der Waals surface area contributed by atoms with Crippen LogP contribution >= 0.6 is 0 Å². The zero-order valence-corrected chi connectivity index (χ0v) is 9.00. The maximum Gasteiger partial charge on any atom is 0.211 e. The van der Waals surface area contributed by atoms with Crippen LogP contribution in [0.4, 0.5) is 5.69 Å². The molecule has 0 atom stereocenters. The van der Waals surface area contributed by atoms with Gasteiger partial charge in [-0.25, -0.2) is 0 Å². The number of hydrogen-bond donors (Lipinski definition) is 1. The lowest BCUT2D eigenvalue weighted by molar-refractivity contribution is -0.105. The number of carbonyl (C=O) groups excluding carboxylic acids is 1. The standard InChI is InChI=1S/C12H17NO/c1-4-10-5-6-11(9(2)3)7-12(10)13-8-14/h5-9H,4H2,1-3H3,(H,13,14). The molecule has 0 aromatic heterocycles. The van der Waals surface area contributed by atoms with Gasteiger partial charge in [-0.15, -0.1) is 0 Å². The van der Waals surface area contributed by atoms with Gasteiger partial charge in [0.05, 0.1) is 0 Å². The Kier molecular flexibility index (Phi) is 3.69. The van der Waals surface area contributed by atoms with Crippen LogP contribution in [0.2, 0.25) is 0 Å². The molecule has 0 radical (unpaired) electrons. The number of nitrogens with one attached hydrogen (secondary N) is 1. The highest BCUT2D eigenvalue weighted by Crippen LogP contribution is 2.22. The summed E-state index contributed by atoms with van der Waals surface area (Å²) in [4.78, 5) is 10.4. The third kappa shape index (κ3) is 2.34. The first kappa shape index (κ1) is 10.8. The van der Waals surface area contributed by atoms with Crippen LogP contribution in [0.5, 0.6) is 0 Å². The van der Waals surface area contributed by atoms with E-state index in [1.54, 1.807) is 0 Å². The van der Waals surface area contributed by atoms with E-state index in [0.29, 0.717) is 5.92 Å². The minimum atomic E-state index is 0.494. The van der Waals surface area contributed by atoms with E-state index >= 15 is 0 Å². The molecule has 2 heteroatoms. The van der Waals surface area contributed by atoms with Gasteiger partial charge in [-0.05, 0) is 29.5 Å². The van der Waals surface area contributed by atoms with Crippen molar-refractivity contribution in [2.75, 3.05) is 5.32 Å². The molecule has 0 unspecified atom stereocenters. The van der Waals surface area contributed by atoms with E-state index < -0.39 is 0 Å². The van der Waals surface area contributed by atoms with Crippen molar-refractivity contribution in [2.24, 2.45) is 0 Å². The third-order valence-corrected chi connectivity index (χ3v) is 2.40. The van der Waals surface area contributed by atoms with Crippen LogP contribution in [0.15, 0.2) is 18.2 Å². The van der Waals surface area contributed by atoms with Gasteiger partial charge >= 0.3 is 0 Å². The second kappa shape index (κ2) is 4.80. The van der Waals surface area contributed by atoms with E-state index in [9.17, 15) is 4.79 Å². The molecule has 14 heavy (non-hydrogen) atoms. The zero-order chi connectivity index (χ0) is 10.6. The van der Waals surface area contributed by atoms with Gasteiger partial charge in [0.2, 0.25) is 6.41 Å². The van der Waals surface area contributed by atoms with Crippen molar-refractivity contribution in [3.05, 3.63) is 29.3 Å².